The summed E-state index contributed by atoms with van der Waals surface area (Å²) in [6.45, 7) is 0.504. The number of aromatic nitrogens is 4. The van der Waals surface area contributed by atoms with Gasteiger partial charge in [0.2, 0.25) is 11.9 Å². The molecule has 0 aromatic carbocycles. The Morgan fingerprint density at radius 2 is 2.08 bits per heavy atom. The lowest BCUT2D eigenvalue weighted by Crippen LogP contribution is -2.24. The van der Waals surface area contributed by atoms with Crippen molar-refractivity contribution < 1.29 is 4.79 Å². The minimum absolute atomic E-state index is 0.104. The Balaban J connectivity index is 1.72. The minimum Gasteiger partial charge on any atom is -0.368 e. The first-order valence-electron chi connectivity index (χ1n) is 7.44. The third kappa shape index (κ3) is 3.24. The lowest BCUT2D eigenvalue weighted by molar-refractivity contribution is -0.125. The summed E-state index contributed by atoms with van der Waals surface area (Å²) in [6.07, 6.45) is 10.1. The number of pyridine rings is 1. The lowest BCUT2D eigenvalue weighted by atomic mass is 10.2. The van der Waals surface area contributed by atoms with Gasteiger partial charge in [0.1, 0.15) is 5.65 Å². The molecule has 24 heavy (non-hydrogen) atoms. The number of carbonyl (C=O) groups excluding carboxylic acids is 1. The number of nitrogen functional groups attached to an aromatic ring is 1. The molecule has 0 aliphatic rings. The molecule has 0 aliphatic heterocycles. The number of nitrogens with zero attached hydrogens (tertiary/aromatic N) is 5. The standard InChI is InChI=1S/C17H18N6O/c1-22(15(24)6-5-12-8-20-17(18)21-9-12)10-13-11-23(2)16-14(13)4-3-7-19-16/h3-9,11H,10H2,1-2H3,(H2,18,20,21). The third-order valence-electron chi connectivity index (χ3n) is 3.71. The van der Waals surface area contributed by atoms with E-state index in [-0.39, 0.29) is 11.9 Å². The number of nitrogens with two attached hydrogens (primary N) is 1. The van der Waals surface area contributed by atoms with Gasteiger partial charge < -0.3 is 15.2 Å². The summed E-state index contributed by atoms with van der Waals surface area (Å²) in [6, 6.07) is 3.91. The molecule has 122 valence electrons. The second-order valence-electron chi connectivity index (χ2n) is 5.54. The summed E-state index contributed by atoms with van der Waals surface area (Å²) in [5, 5.41) is 1.05. The van der Waals surface area contributed by atoms with Crippen LogP contribution in [0.25, 0.3) is 17.1 Å². The summed E-state index contributed by atoms with van der Waals surface area (Å²) < 4.78 is 1.96. The average Bonchev–Trinajstić information content (AvgIpc) is 2.90. The fourth-order valence-corrected chi connectivity index (χ4v) is 2.48. The van der Waals surface area contributed by atoms with E-state index in [1.165, 1.54) is 6.08 Å². The molecular weight excluding hydrogens is 304 g/mol. The van der Waals surface area contributed by atoms with Crippen LogP contribution in [0.5, 0.6) is 0 Å². The molecule has 3 heterocycles. The van der Waals surface area contributed by atoms with Gasteiger partial charge in [-0.3, -0.25) is 4.79 Å². The Kier molecular flexibility index (Phi) is 4.24. The van der Waals surface area contributed by atoms with Crippen LogP contribution in [-0.2, 0) is 18.4 Å². The Labute approximate surface area is 139 Å². The van der Waals surface area contributed by atoms with Gasteiger partial charge in [0.15, 0.2) is 0 Å². The normalized spacial score (nSPS) is 11.2. The van der Waals surface area contributed by atoms with Gasteiger partial charge in [0.25, 0.3) is 0 Å². The third-order valence-corrected chi connectivity index (χ3v) is 3.71. The highest BCUT2D eigenvalue weighted by molar-refractivity contribution is 5.92. The Hall–Kier alpha value is -3.22. The first-order valence-corrected chi connectivity index (χ1v) is 7.44. The van der Waals surface area contributed by atoms with E-state index in [0.29, 0.717) is 6.54 Å². The fraction of sp³-hybridized carbons (Fsp3) is 0.176. The van der Waals surface area contributed by atoms with Crippen molar-refractivity contribution in [3.63, 3.8) is 0 Å². The van der Waals surface area contributed by atoms with E-state index < -0.39 is 0 Å². The molecule has 0 atom stereocenters. The van der Waals surface area contributed by atoms with Crippen LogP contribution in [0.3, 0.4) is 0 Å². The molecule has 0 bridgehead atoms. The molecule has 7 heteroatoms. The average molecular weight is 322 g/mol. The Morgan fingerprint density at radius 3 is 2.83 bits per heavy atom. The van der Waals surface area contributed by atoms with Crippen molar-refractivity contribution in [3.05, 3.63) is 54.1 Å². The van der Waals surface area contributed by atoms with E-state index in [9.17, 15) is 4.79 Å². The number of likely N-dealkylation sites (N-methyl/N-ethyl adjacent to an activating group) is 1. The molecule has 0 spiro atoms. The summed E-state index contributed by atoms with van der Waals surface area (Å²) in [4.78, 5) is 26.1. The zero-order valence-corrected chi connectivity index (χ0v) is 13.5. The molecule has 0 aliphatic carbocycles. The van der Waals surface area contributed by atoms with Gasteiger partial charge in [0, 0.05) is 62.5 Å². The molecule has 2 N–H and O–H groups in total. The number of anilines is 1. The maximum atomic E-state index is 12.3. The van der Waals surface area contributed by atoms with E-state index in [2.05, 4.69) is 15.0 Å². The first-order chi connectivity index (χ1) is 11.5. The summed E-state index contributed by atoms with van der Waals surface area (Å²) in [5.41, 5.74) is 8.12. The van der Waals surface area contributed by atoms with Gasteiger partial charge in [-0.25, -0.2) is 15.0 Å². The molecule has 3 aromatic rings. The van der Waals surface area contributed by atoms with Crippen LogP contribution in [0.1, 0.15) is 11.1 Å². The predicted octanol–water partition coefficient (Wildman–Crippen LogP) is 1.62. The van der Waals surface area contributed by atoms with E-state index >= 15 is 0 Å². The van der Waals surface area contributed by atoms with Crippen molar-refractivity contribution in [2.75, 3.05) is 12.8 Å². The van der Waals surface area contributed by atoms with Gasteiger partial charge >= 0.3 is 0 Å². The van der Waals surface area contributed by atoms with Crippen LogP contribution >= 0.6 is 0 Å². The molecule has 7 nitrogen and oxygen atoms in total. The van der Waals surface area contributed by atoms with E-state index in [0.717, 1.165) is 22.2 Å². The molecule has 0 fully saturated rings. The first kappa shape index (κ1) is 15.7. The number of hydrogen-bond donors (Lipinski definition) is 1. The van der Waals surface area contributed by atoms with Crippen LogP contribution in [0.2, 0.25) is 0 Å². The zero-order valence-electron chi connectivity index (χ0n) is 13.5. The minimum atomic E-state index is -0.104. The van der Waals surface area contributed by atoms with Crippen molar-refractivity contribution in [2.45, 2.75) is 6.54 Å². The van der Waals surface area contributed by atoms with Gasteiger partial charge in [0.05, 0.1) is 0 Å². The Bertz CT molecular complexity index is 897. The van der Waals surface area contributed by atoms with Crippen LogP contribution in [0.15, 0.2) is 43.0 Å². The van der Waals surface area contributed by atoms with Gasteiger partial charge in [-0.2, -0.15) is 0 Å². The van der Waals surface area contributed by atoms with E-state index in [4.69, 9.17) is 5.73 Å². The monoisotopic (exact) mass is 322 g/mol. The summed E-state index contributed by atoms with van der Waals surface area (Å²) in [5.74, 6) is 0.105. The zero-order chi connectivity index (χ0) is 17.1. The maximum absolute atomic E-state index is 12.3. The highest BCUT2D eigenvalue weighted by Gasteiger charge is 2.11. The molecule has 0 radical (unpaired) electrons. The topological polar surface area (TPSA) is 89.9 Å². The quantitative estimate of drug-likeness (QED) is 0.737. The van der Waals surface area contributed by atoms with Crippen molar-refractivity contribution in [3.8, 4) is 0 Å². The second kappa shape index (κ2) is 6.49. The van der Waals surface area contributed by atoms with Crippen molar-refractivity contribution >= 4 is 29.0 Å². The van der Waals surface area contributed by atoms with Crippen molar-refractivity contribution in [2.24, 2.45) is 7.05 Å². The Morgan fingerprint density at radius 1 is 1.33 bits per heavy atom. The maximum Gasteiger partial charge on any atom is 0.246 e. The van der Waals surface area contributed by atoms with Crippen LogP contribution in [0.4, 0.5) is 5.95 Å². The second-order valence-corrected chi connectivity index (χ2v) is 5.54. The van der Waals surface area contributed by atoms with E-state index in [1.807, 2.05) is 29.9 Å². The van der Waals surface area contributed by atoms with Gasteiger partial charge in [-0.05, 0) is 23.8 Å². The largest absolute Gasteiger partial charge is 0.368 e. The smallest absolute Gasteiger partial charge is 0.246 e. The van der Waals surface area contributed by atoms with E-state index in [1.54, 1.807) is 36.6 Å². The van der Waals surface area contributed by atoms with Crippen LogP contribution in [0, 0.1) is 0 Å². The number of aryl methyl sites for hydroxylation is 1. The number of hydrogen-bond acceptors (Lipinski definition) is 5. The lowest BCUT2D eigenvalue weighted by Gasteiger charge is -2.14. The highest BCUT2D eigenvalue weighted by atomic mass is 16.2. The summed E-state index contributed by atoms with van der Waals surface area (Å²) >= 11 is 0. The molecule has 3 rings (SSSR count). The number of rotatable bonds is 4. The van der Waals surface area contributed by atoms with Crippen LogP contribution < -0.4 is 5.73 Å². The predicted molar refractivity (Wildman–Crippen MR) is 92.7 cm³/mol. The molecular formula is C17H18N6O. The fourth-order valence-electron chi connectivity index (χ4n) is 2.48. The molecule has 0 saturated heterocycles. The number of amides is 1. The molecule has 0 unspecified atom stereocenters. The molecule has 3 aromatic heterocycles. The van der Waals surface area contributed by atoms with Crippen molar-refractivity contribution in [1.82, 2.24) is 24.4 Å². The molecule has 0 saturated carbocycles. The van der Waals surface area contributed by atoms with Crippen molar-refractivity contribution in [1.29, 1.82) is 0 Å². The summed E-state index contributed by atoms with van der Waals surface area (Å²) in [7, 11) is 3.71. The highest BCUT2D eigenvalue weighted by Crippen LogP contribution is 2.19. The van der Waals surface area contributed by atoms with Gasteiger partial charge in [-0.1, -0.05) is 0 Å². The number of carbonyl (C=O) groups is 1. The SMILES string of the molecule is CN(Cc1cn(C)c2ncccc12)C(=O)C=Cc1cnc(N)nc1. The van der Waals surface area contributed by atoms with Gasteiger partial charge in [-0.15, -0.1) is 0 Å². The van der Waals surface area contributed by atoms with Crippen LogP contribution in [-0.4, -0.2) is 37.4 Å². The molecule has 1 amide bonds. The number of fused-ring (bicyclic) bond motifs is 1.